The Bertz CT molecular complexity index is 1750. The zero-order valence-electron chi connectivity index (χ0n) is 40.9. The summed E-state index contributed by atoms with van der Waals surface area (Å²) >= 11 is 0. The fourth-order valence-electron chi connectivity index (χ4n) is 10.6. The molecule has 0 aromatic rings. The quantitative estimate of drug-likeness (QED) is 0.186. The Kier molecular flexibility index (Phi) is 21.2. The van der Waals surface area contributed by atoms with E-state index in [1.54, 1.807) is 41.1 Å². The van der Waals surface area contributed by atoms with Gasteiger partial charge in [0.25, 0.3) is 11.7 Å². The van der Waals surface area contributed by atoms with Crippen molar-refractivity contribution in [3.63, 3.8) is 0 Å². The first kappa shape index (κ1) is 54.4. The van der Waals surface area contributed by atoms with Crippen molar-refractivity contribution in [3.05, 3.63) is 47.6 Å². The first-order valence-corrected chi connectivity index (χ1v) is 24.2. The lowest BCUT2D eigenvalue weighted by atomic mass is 9.74. The summed E-state index contributed by atoms with van der Waals surface area (Å²) in [5, 5.41) is 33.9. The number of hydrogen-bond donors (Lipinski definition) is 3. The number of allylic oxidation sites excluding steroid dienone is 6. The molecule has 3 aliphatic heterocycles. The topological polar surface area (TPSA) is 186 Å². The fourth-order valence-corrected chi connectivity index (χ4v) is 10.6. The number of fused-ring (bicyclic) bond motifs is 3. The van der Waals surface area contributed by atoms with Crippen molar-refractivity contribution in [1.82, 2.24) is 4.90 Å². The van der Waals surface area contributed by atoms with E-state index in [-0.39, 0.29) is 60.6 Å². The second kappa shape index (κ2) is 25.3. The molecule has 0 spiro atoms. The number of aliphatic hydroxyl groups excluding tert-OH is 2. The SMILES string of the molecule is CO[C@H]1C[C@@H]2CC[C@@H](C)[C@@](O)(O2)C(=O)C(=O)N2CCCCC2C(=O)CC([C@H](C)CC2CC[C@@H](O)[C@H](OC)C2)CC(=O)[C@H](C)/C=C(\C)[C@@H](O)[C@@H](OC)C(=O)[C@H](C)C[C@H](C)/C=C/C=CC=C1C. The molecule has 1 amide bonds. The minimum Gasteiger partial charge on any atom is -0.390 e. The average Bonchev–Trinajstić information content (AvgIpc) is 3.28. The average molecular weight is 912 g/mol. The standard InChI is InChI=1S/C52H81NO12/c1-31-16-12-11-13-17-32(2)45(62-8)30-40-21-19-37(7)52(61,65-40)50(59)51(60)53-23-15-14-18-41(53)44(56)29-39(33(3)26-38-20-22-42(54)46(27-38)63-9)28-43(55)34(4)25-36(6)48(58)49(64-10)47(57)35(5)24-31/h11-13,16-17,25,31,33-35,37-42,45-46,48-49,54,58,61H,14-15,18-24,26-30H2,1-10H3/b13-11?,16-12+,32-17?,36-25+/t31-,33-,34-,35-,37-,38?,39?,40+,41?,42-,45+,46-,48-,49+,52-/m1/s1. The predicted octanol–water partition coefficient (Wildman–Crippen LogP) is 6.84. The van der Waals surface area contributed by atoms with Crippen LogP contribution in [0.2, 0.25) is 0 Å². The van der Waals surface area contributed by atoms with Gasteiger partial charge in [0.15, 0.2) is 11.6 Å². The van der Waals surface area contributed by atoms with Crippen LogP contribution in [0.5, 0.6) is 0 Å². The maximum Gasteiger partial charge on any atom is 0.296 e. The molecular weight excluding hydrogens is 831 g/mol. The van der Waals surface area contributed by atoms with Gasteiger partial charge in [-0.05, 0) is 113 Å². The Labute approximate surface area is 388 Å². The number of hydrogen-bond acceptors (Lipinski definition) is 12. The van der Waals surface area contributed by atoms with E-state index in [0.29, 0.717) is 69.8 Å². The summed E-state index contributed by atoms with van der Waals surface area (Å²) < 4.78 is 23.2. The second-order valence-electron chi connectivity index (χ2n) is 20.0. The van der Waals surface area contributed by atoms with Crippen molar-refractivity contribution >= 4 is 29.0 Å². The van der Waals surface area contributed by atoms with Crippen LogP contribution in [0, 0.1) is 41.4 Å². The molecule has 0 aromatic heterocycles. The van der Waals surface area contributed by atoms with Crippen LogP contribution >= 0.6 is 0 Å². The number of carbonyl (C=O) groups is 5. The number of nitrogens with zero attached hydrogens (tertiary/aromatic N) is 1. The van der Waals surface area contributed by atoms with Crippen molar-refractivity contribution in [2.45, 2.75) is 180 Å². The third kappa shape index (κ3) is 14.4. The van der Waals surface area contributed by atoms with Crippen LogP contribution in [0.25, 0.3) is 0 Å². The van der Waals surface area contributed by atoms with Gasteiger partial charge in [-0.2, -0.15) is 0 Å². The molecule has 3 fully saturated rings. The van der Waals surface area contributed by atoms with Crippen molar-refractivity contribution in [3.8, 4) is 0 Å². The van der Waals surface area contributed by atoms with Gasteiger partial charge in [-0.25, -0.2) is 0 Å². The van der Waals surface area contributed by atoms with E-state index in [1.165, 1.54) is 12.0 Å². The summed E-state index contributed by atoms with van der Waals surface area (Å²) in [5.74, 6) is -7.12. The highest BCUT2D eigenvalue weighted by Gasteiger charge is 2.53. The molecule has 2 bridgehead atoms. The van der Waals surface area contributed by atoms with E-state index in [0.717, 1.165) is 12.0 Å². The molecule has 0 aromatic carbocycles. The molecule has 4 aliphatic rings. The lowest BCUT2D eigenvalue weighted by molar-refractivity contribution is -0.265. The first-order chi connectivity index (χ1) is 30.7. The van der Waals surface area contributed by atoms with E-state index < -0.39 is 77.7 Å². The van der Waals surface area contributed by atoms with Crippen LogP contribution in [-0.2, 0) is 42.9 Å². The Hall–Kier alpha value is -3.17. The van der Waals surface area contributed by atoms with Gasteiger partial charge in [-0.1, -0.05) is 71.1 Å². The lowest BCUT2D eigenvalue weighted by Crippen LogP contribution is -2.60. The van der Waals surface area contributed by atoms with E-state index in [4.69, 9.17) is 18.9 Å². The zero-order chi connectivity index (χ0) is 48.2. The number of ketones is 4. The molecule has 366 valence electrons. The smallest absolute Gasteiger partial charge is 0.296 e. The van der Waals surface area contributed by atoms with Crippen molar-refractivity contribution < 1.29 is 58.2 Å². The lowest BCUT2D eigenvalue weighted by Gasteiger charge is -2.43. The van der Waals surface area contributed by atoms with Gasteiger partial charge in [0.2, 0.25) is 5.79 Å². The van der Waals surface area contributed by atoms with Crippen molar-refractivity contribution in [1.29, 1.82) is 0 Å². The Morgan fingerprint density at radius 2 is 1.52 bits per heavy atom. The molecule has 65 heavy (non-hydrogen) atoms. The van der Waals surface area contributed by atoms with Crippen molar-refractivity contribution in [2.24, 2.45) is 41.4 Å². The number of carbonyl (C=O) groups excluding carboxylic acids is 5. The van der Waals surface area contributed by atoms with Gasteiger partial charge in [-0.15, -0.1) is 0 Å². The number of rotatable bonds is 6. The third-order valence-electron chi connectivity index (χ3n) is 15.0. The summed E-state index contributed by atoms with van der Waals surface area (Å²) in [5.41, 5.74) is 1.32. The normalized spacial score (nSPS) is 39.2. The molecule has 2 saturated heterocycles. The van der Waals surface area contributed by atoms with Gasteiger partial charge in [0.05, 0.1) is 30.5 Å². The molecule has 13 nitrogen and oxygen atoms in total. The van der Waals surface area contributed by atoms with E-state index in [1.807, 2.05) is 58.1 Å². The van der Waals surface area contributed by atoms with Crippen LogP contribution in [0.15, 0.2) is 47.6 Å². The molecule has 0 radical (unpaired) electrons. The van der Waals surface area contributed by atoms with Crippen LogP contribution in [0.4, 0.5) is 0 Å². The van der Waals surface area contributed by atoms with Gasteiger partial charge in [0.1, 0.15) is 18.0 Å². The minimum atomic E-state index is -2.39. The molecule has 4 rings (SSSR count). The van der Waals surface area contributed by atoms with Crippen LogP contribution in [-0.4, -0.2) is 126 Å². The molecule has 15 atom stereocenters. The molecular formula is C52H81NO12. The van der Waals surface area contributed by atoms with E-state index >= 15 is 0 Å². The molecule has 3 N–H and O–H groups in total. The number of ether oxygens (including phenoxy) is 4. The Morgan fingerprint density at radius 1 is 0.815 bits per heavy atom. The maximum atomic E-state index is 14.6. The molecule has 3 unspecified atom stereocenters. The van der Waals surface area contributed by atoms with Gasteiger partial charge in [-0.3, -0.25) is 24.0 Å². The minimum absolute atomic E-state index is 0.0118. The molecule has 1 aliphatic carbocycles. The summed E-state index contributed by atoms with van der Waals surface area (Å²) in [6, 6.07) is -0.917. The summed E-state index contributed by atoms with van der Waals surface area (Å²) in [4.78, 5) is 72.3. The Morgan fingerprint density at radius 3 is 2.20 bits per heavy atom. The van der Waals surface area contributed by atoms with Crippen LogP contribution in [0.1, 0.15) is 132 Å². The van der Waals surface area contributed by atoms with Crippen molar-refractivity contribution in [2.75, 3.05) is 27.9 Å². The fraction of sp³-hybridized carbons (Fsp3) is 0.750. The Balaban J connectivity index is 1.70. The van der Waals surface area contributed by atoms with Gasteiger partial charge >= 0.3 is 0 Å². The summed E-state index contributed by atoms with van der Waals surface area (Å²) in [6.07, 6.45) is 13.2. The number of aliphatic hydroxyl groups is 3. The highest BCUT2D eigenvalue weighted by molar-refractivity contribution is 6.39. The summed E-state index contributed by atoms with van der Waals surface area (Å²) in [7, 11) is 4.57. The largest absolute Gasteiger partial charge is 0.390 e. The molecule has 3 heterocycles. The van der Waals surface area contributed by atoms with E-state index in [2.05, 4.69) is 0 Å². The predicted molar refractivity (Wildman–Crippen MR) is 248 cm³/mol. The van der Waals surface area contributed by atoms with Crippen LogP contribution in [0.3, 0.4) is 0 Å². The number of amides is 1. The molecule has 1 saturated carbocycles. The number of piperidine rings is 1. The summed E-state index contributed by atoms with van der Waals surface area (Å²) in [6.45, 7) is 13.1. The highest BCUT2D eigenvalue weighted by Crippen LogP contribution is 2.39. The first-order valence-electron chi connectivity index (χ1n) is 24.2. The van der Waals surface area contributed by atoms with E-state index in [9.17, 15) is 39.3 Å². The highest BCUT2D eigenvalue weighted by atomic mass is 16.6. The van der Waals surface area contributed by atoms with Gasteiger partial charge in [0, 0.05) is 64.9 Å². The zero-order valence-corrected chi connectivity index (χ0v) is 40.9. The maximum absolute atomic E-state index is 14.6. The number of methoxy groups -OCH3 is 3. The monoisotopic (exact) mass is 912 g/mol. The van der Waals surface area contributed by atoms with Crippen LogP contribution < -0.4 is 0 Å². The molecule has 13 heteroatoms. The number of Topliss-reactive ketones (excluding diaryl/α,β-unsaturated/α-hetero) is 4. The van der Waals surface area contributed by atoms with Gasteiger partial charge < -0.3 is 39.2 Å². The second-order valence-corrected chi connectivity index (χ2v) is 20.0. The third-order valence-corrected chi connectivity index (χ3v) is 15.0.